The van der Waals surface area contributed by atoms with Crippen LogP contribution in [0.3, 0.4) is 0 Å². The smallest absolute Gasteiger partial charge is 0.214 e. The minimum Gasteiger partial charge on any atom is -0.366 e. The van der Waals surface area contributed by atoms with Gasteiger partial charge in [-0.05, 0) is 19.1 Å². The summed E-state index contributed by atoms with van der Waals surface area (Å²) < 4.78 is 12.5. The maximum absolute atomic E-state index is 12.5. The van der Waals surface area contributed by atoms with Gasteiger partial charge in [0.2, 0.25) is 5.95 Å². The van der Waals surface area contributed by atoms with Crippen molar-refractivity contribution in [1.82, 2.24) is 4.98 Å². The molecular formula is C8H12FN3. The lowest BCUT2D eigenvalue weighted by atomic mass is 10.3. The fourth-order valence-electron chi connectivity index (χ4n) is 0.800. The number of pyridine rings is 1. The second kappa shape index (κ2) is 4.01. The molecule has 0 radical (unpaired) electrons. The number of rotatable bonds is 3. The Morgan fingerprint density at radius 3 is 3.00 bits per heavy atom. The van der Waals surface area contributed by atoms with Crippen LogP contribution in [0.15, 0.2) is 18.2 Å². The molecule has 0 saturated heterocycles. The summed E-state index contributed by atoms with van der Waals surface area (Å²) >= 11 is 0. The largest absolute Gasteiger partial charge is 0.366 e. The third kappa shape index (κ3) is 2.47. The molecule has 1 aromatic heterocycles. The van der Waals surface area contributed by atoms with Crippen LogP contribution in [0.25, 0.3) is 0 Å². The number of hydrogen-bond donors (Lipinski definition) is 2. The molecule has 0 spiro atoms. The zero-order valence-electron chi connectivity index (χ0n) is 6.92. The average Bonchev–Trinajstić information content (AvgIpc) is 2.04. The number of nitrogens with one attached hydrogen (secondary N) is 1. The van der Waals surface area contributed by atoms with E-state index in [9.17, 15) is 4.39 Å². The molecule has 1 rings (SSSR count). The molecule has 1 heterocycles. The monoisotopic (exact) mass is 169 g/mol. The molecule has 12 heavy (non-hydrogen) atoms. The Hall–Kier alpha value is -1.16. The summed E-state index contributed by atoms with van der Waals surface area (Å²) in [7, 11) is 0. The van der Waals surface area contributed by atoms with Crippen LogP contribution in [0, 0.1) is 5.95 Å². The minimum atomic E-state index is -0.482. The minimum absolute atomic E-state index is 0.110. The van der Waals surface area contributed by atoms with E-state index in [1.165, 1.54) is 6.07 Å². The van der Waals surface area contributed by atoms with Crippen molar-refractivity contribution in [3.63, 3.8) is 0 Å². The van der Waals surface area contributed by atoms with Gasteiger partial charge in [-0.15, -0.1) is 0 Å². The first-order chi connectivity index (χ1) is 5.72. The van der Waals surface area contributed by atoms with E-state index in [-0.39, 0.29) is 6.04 Å². The van der Waals surface area contributed by atoms with Gasteiger partial charge in [-0.2, -0.15) is 4.39 Å². The summed E-state index contributed by atoms with van der Waals surface area (Å²) in [6, 6.07) is 4.72. The maximum atomic E-state index is 12.5. The van der Waals surface area contributed by atoms with E-state index in [0.717, 1.165) is 0 Å². The van der Waals surface area contributed by atoms with Crippen LogP contribution in [-0.2, 0) is 0 Å². The van der Waals surface area contributed by atoms with Gasteiger partial charge < -0.3 is 11.1 Å². The van der Waals surface area contributed by atoms with Gasteiger partial charge in [-0.25, -0.2) is 4.98 Å². The van der Waals surface area contributed by atoms with Gasteiger partial charge in [0.1, 0.15) is 5.82 Å². The first-order valence-electron chi connectivity index (χ1n) is 3.81. The van der Waals surface area contributed by atoms with Crippen molar-refractivity contribution < 1.29 is 4.39 Å². The highest BCUT2D eigenvalue weighted by Crippen LogP contribution is 2.04. The molecule has 3 N–H and O–H groups in total. The van der Waals surface area contributed by atoms with Crippen molar-refractivity contribution in [3.8, 4) is 0 Å². The molecule has 0 aliphatic heterocycles. The van der Waals surface area contributed by atoms with Crippen molar-refractivity contribution in [2.24, 2.45) is 5.73 Å². The van der Waals surface area contributed by atoms with E-state index >= 15 is 0 Å². The number of aromatic nitrogens is 1. The van der Waals surface area contributed by atoms with Gasteiger partial charge >= 0.3 is 0 Å². The summed E-state index contributed by atoms with van der Waals surface area (Å²) in [5, 5.41) is 2.96. The number of nitrogens with two attached hydrogens (primary N) is 1. The van der Waals surface area contributed by atoms with Crippen molar-refractivity contribution in [2.75, 3.05) is 11.9 Å². The summed E-state index contributed by atoms with van der Waals surface area (Å²) in [6.45, 7) is 2.41. The molecule has 66 valence electrons. The standard InChI is InChI=1S/C8H12FN3/c1-6(5-10)11-8-4-2-3-7(9)12-8/h2-4,6H,5,10H2,1H3,(H,11,12). The van der Waals surface area contributed by atoms with E-state index < -0.39 is 5.95 Å². The van der Waals surface area contributed by atoms with Gasteiger partial charge in [-0.3, -0.25) is 0 Å². The molecule has 3 nitrogen and oxygen atoms in total. The van der Waals surface area contributed by atoms with E-state index in [1.54, 1.807) is 12.1 Å². The van der Waals surface area contributed by atoms with Gasteiger partial charge in [0.25, 0.3) is 0 Å². The SMILES string of the molecule is CC(CN)Nc1cccc(F)n1. The van der Waals surface area contributed by atoms with Gasteiger partial charge in [0.15, 0.2) is 0 Å². The van der Waals surface area contributed by atoms with Gasteiger partial charge in [0.05, 0.1) is 0 Å². The summed E-state index contributed by atoms with van der Waals surface area (Å²) in [5.74, 6) is 0.0390. The number of anilines is 1. The van der Waals surface area contributed by atoms with Crippen LogP contribution in [-0.4, -0.2) is 17.6 Å². The van der Waals surface area contributed by atoms with Crippen molar-refractivity contribution in [3.05, 3.63) is 24.1 Å². The van der Waals surface area contributed by atoms with Crippen LogP contribution >= 0.6 is 0 Å². The van der Waals surface area contributed by atoms with Crippen LogP contribution in [0.1, 0.15) is 6.92 Å². The van der Waals surface area contributed by atoms with E-state index in [4.69, 9.17) is 5.73 Å². The van der Waals surface area contributed by atoms with E-state index in [0.29, 0.717) is 12.4 Å². The first kappa shape index (κ1) is 8.93. The fourth-order valence-corrected chi connectivity index (χ4v) is 0.800. The molecule has 0 amide bonds. The quantitative estimate of drug-likeness (QED) is 0.663. The normalized spacial score (nSPS) is 12.6. The van der Waals surface area contributed by atoms with E-state index in [1.807, 2.05) is 6.92 Å². The highest BCUT2D eigenvalue weighted by atomic mass is 19.1. The Morgan fingerprint density at radius 2 is 2.42 bits per heavy atom. The lowest BCUT2D eigenvalue weighted by Gasteiger charge is -2.10. The zero-order chi connectivity index (χ0) is 8.97. The molecule has 1 unspecified atom stereocenters. The summed E-state index contributed by atoms with van der Waals surface area (Å²) in [4.78, 5) is 3.63. The lowest BCUT2D eigenvalue weighted by Crippen LogP contribution is -2.25. The molecule has 0 saturated carbocycles. The Morgan fingerprint density at radius 1 is 1.67 bits per heavy atom. The van der Waals surface area contributed by atoms with Crippen molar-refractivity contribution >= 4 is 5.82 Å². The highest BCUT2D eigenvalue weighted by Gasteiger charge is 2.00. The molecule has 0 fully saturated rings. The predicted molar refractivity (Wildman–Crippen MR) is 46.3 cm³/mol. The van der Waals surface area contributed by atoms with Crippen LogP contribution < -0.4 is 11.1 Å². The highest BCUT2D eigenvalue weighted by molar-refractivity contribution is 5.34. The molecule has 4 heteroatoms. The third-order valence-electron chi connectivity index (χ3n) is 1.46. The molecule has 0 aliphatic carbocycles. The third-order valence-corrected chi connectivity index (χ3v) is 1.46. The van der Waals surface area contributed by atoms with Crippen molar-refractivity contribution in [1.29, 1.82) is 0 Å². The number of hydrogen-bond acceptors (Lipinski definition) is 3. The predicted octanol–water partition coefficient (Wildman–Crippen LogP) is 0.980. The maximum Gasteiger partial charge on any atom is 0.214 e. The van der Waals surface area contributed by atoms with Crippen LogP contribution in [0.2, 0.25) is 0 Å². The van der Waals surface area contributed by atoms with Crippen molar-refractivity contribution in [2.45, 2.75) is 13.0 Å². The number of halogens is 1. The summed E-state index contributed by atoms with van der Waals surface area (Å²) in [5.41, 5.74) is 5.37. The molecule has 1 atom stereocenters. The summed E-state index contributed by atoms with van der Waals surface area (Å²) in [6.07, 6.45) is 0. The van der Waals surface area contributed by atoms with Gasteiger partial charge in [-0.1, -0.05) is 6.07 Å². The second-order valence-electron chi connectivity index (χ2n) is 2.63. The second-order valence-corrected chi connectivity index (χ2v) is 2.63. The Labute approximate surface area is 70.8 Å². The number of nitrogens with zero attached hydrogens (tertiary/aromatic N) is 1. The molecule has 0 aromatic carbocycles. The Kier molecular flexibility index (Phi) is 2.99. The van der Waals surface area contributed by atoms with Crippen LogP contribution in [0.5, 0.6) is 0 Å². The van der Waals surface area contributed by atoms with Gasteiger partial charge in [0, 0.05) is 12.6 Å². The first-order valence-corrected chi connectivity index (χ1v) is 3.81. The lowest BCUT2D eigenvalue weighted by molar-refractivity contribution is 0.584. The molecule has 0 bridgehead atoms. The zero-order valence-corrected chi connectivity index (χ0v) is 6.92. The molecule has 1 aromatic rings. The molecular weight excluding hydrogens is 157 g/mol. The Bertz CT molecular complexity index is 252. The van der Waals surface area contributed by atoms with Crippen LogP contribution in [0.4, 0.5) is 10.2 Å². The van der Waals surface area contributed by atoms with E-state index in [2.05, 4.69) is 10.3 Å². The average molecular weight is 169 g/mol. The Balaban J connectivity index is 2.63. The topological polar surface area (TPSA) is 50.9 Å². The fraction of sp³-hybridized carbons (Fsp3) is 0.375. The molecule has 0 aliphatic rings.